The Labute approximate surface area is 77.8 Å². The first-order valence-electron chi connectivity index (χ1n) is 4.33. The van der Waals surface area contributed by atoms with E-state index in [-0.39, 0.29) is 6.04 Å². The fourth-order valence-electron chi connectivity index (χ4n) is 1.34. The van der Waals surface area contributed by atoms with Crippen molar-refractivity contribution in [1.29, 1.82) is 0 Å². The van der Waals surface area contributed by atoms with Crippen molar-refractivity contribution >= 4 is 0 Å². The van der Waals surface area contributed by atoms with E-state index in [1.807, 2.05) is 29.1 Å². The fourth-order valence-corrected chi connectivity index (χ4v) is 1.34. The second-order valence-electron chi connectivity index (χ2n) is 3.01. The molecule has 65 valence electrons. The lowest BCUT2D eigenvalue weighted by molar-refractivity contribution is 0.564. The highest BCUT2D eigenvalue weighted by molar-refractivity contribution is 5.18. The molecular formula is C11H11N2. The molecular weight excluding hydrogens is 160 g/mol. The molecule has 2 aromatic rings. The van der Waals surface area contributed by atoms with E-state index in [2.05, 4.69) is 30.2 Å². The summed E-state index contributed by atoms with van der Waals surface area (Å²) in [5, 5.41) is 4.15. The van der Waals surface area contributed by atoms with Crippen LogP contribution in [0.4, 0.5) is 0 Å². The van der Waals surface area contributed by atoms with Crippen LogP contribution in [0.25, 0.3) is 0 Å². The summed E-state index contributed by atoms with van der Waals surface area (Å²) in [4.78, 5) is 0. The zero-order valence-electron chi connectivity index (χ0n) is 7.51. The highest BCUT2D eigenvalue weighted by Gasteiger charge is 2.05. The van der Waals surface area contributed by atoms with E-state index in [9.17, 15) is 0 Å². The Hall–Kier alpha value is -1.57. The molecule has 0 saturated heterocycles. The van der Waals surface area contributed by atoms with E-state index in [1.165, 1.54) is 5.56 Å². The van der Waals surface area contributed by atoms with Crippen molar-refractivity contribution in [3.63, 3.8) is 0 Å². The Kier molecular flexibility index (Phi) is 2.13. The maximum Gasteiger partial charge on any atom is 0.0740 e. The van der Waals surface area contributed by atoms with Gasteiger partial charge in [0.1, 0.15) is 0 Å². The molecule has 1 aromatic heterocycles. The number of benzene rings is 1. The lowest BCUT2D eigenvalue weighted by atomic mass is 10.1. The molecule has 2 rings (SSSR count). The minimum absolute atomic E-state index is 0.285. The topological polar surface area (TPSA) is 17.8 Å². The second-order valence-corrected chi connectivity index (χ2v) is 3.01. The van der Waals surface area contributed by atoms with E-state index in [1.54, 1.807) is 6.20 Å². The summed E-state index contributed by atoms with van der Waals surface area (Å²) in [6.07, 6.45) is 3.54. The average Bonchev–Trinajstić information content (AvgIpc) is 2.71. The van der Waals surface area contributed by atoms with Gasteiger partial charge in [-0.05, 0) is 12.5 Å². The molecule has 1 heterocycles. The molecule has 0 N–H and O–H groups in total. The molecule has 13 heavy (non-hydrogen) atoms. The van der Waals surface area contributed by atoms with Crippen LogP contribution in [0, 0.1) is 6.07 Å². The Morgan fingerprint density at radius 1 is 1.31 bits per heavy atom. The second kappa shape index (κ2) is 3.44. The van der Waals surface area contributed by atoms with Crippen LogP contribution < -0.4 is 0 Å². The standard InChI is InChI=1S/C11H11N2/c1-10(13-9-5-8-12-13)11-6-3-2-4-7-11/h2-4,6-10H,1H3. The Morgan fingerprint density at radius 3 is 2.69 bits per heavy atom. The van der Waals surface area contributed by atoms with Crippen LogP contribution in [-0.4, -0.2) is 9.78 Å². The maximum absolute atomic E-state index is 4.15. The molecule has 0 aliphatic carbocycles. The van der Waals surface area contributed by atoms with Gasteiger partial charge in [0.25, 0.3) is 0 Å². The molecule has 0 spiro atoms. The molecule has 1 radical (unpaired) electrons. The first-order chi connectivity index (χ1) is 6.38. The van der Waals surface area contributed by atoms with Crippen LogP contribution in [0.5, 0.6) is 0 Å². The van der Waals surface area contributed by atoms with Crippen molar-refractivity contribution in [1.82, 2.24) is 9.78 Å². The number of rotatable bonds is 2. The largest absolute Gasteiger partial charge is 0.265 e. The Morgan fingerprint density at radius 2 is 2.08 bits per heavy atom. The normalized spacial score (nSPS) is 12.7. The zero-order valence-corrected chi connectivity index (χ0v) is 7.51. The van der Waals surface area contributed by atoms with Gasteiger partial charge in [0.2, 0.25) is 0 Å². The third-order valence-electron chi connectivity index (χ3n) is 2.15. The Balaban J connectivity index is 2.29. The highest BCUT2D eigenvalue weighted by Crippen LogP contribution is 2.15. The molecule has 1 aromatic carbocycles. The Bertz CT molecular complexity index is 351. The third-order valence-corrected chi connectivity index (χ3v) is 2.15. The fraction of sp³-hybridized carbons (Fsp3) is 0.182. The highest BCUT2D eigenvalue weighted by atomic mass is 15.3. The molecule has 0 amide bonds. The smallest absolute Gasteiger partial charge is 0.0740 e. The minimum atomic E-state index is 0.285. The van der Waals surface area contributed by atoms with E-state index in [0.717, 1.165) is 0 Å². The van der Waals surface area contributed by atoms with Crippen LogP contribution in [0.3, 0.4) is 0 Å². The van der Waals surface area contributed by atoms with Crippen molar-refractivity contribution in [3.8, 4) is 0 Å². The SMILES string of the molecule is CC(c1ccccc1)n1c[c]cn1. The molecule has 0 fully saturated rings. The summed E-state index contributed by atoms with van der Waals surface area (Å²) in [5.41, 5.74) is 1.26. The lowest BCUT2D eigenvalue weighted by Crippen LogP contribution is -2.06. The van der Waals surface area contributed by atoms with Crippen LogP contribution in [0.15, 0.2) is 42.7 Å². The van der Waals surface area contributed by atoms with Crippen molar-refractivity contribution in [2.75, 3.05) is 0 Å². The number of hydrogen-bond acceptors (Lipinski definition) is 1. The zero-order chi connectivity index (χ0) is 9.10. The van der Waals surface area contributed by atoms with Gasteiger partial charge in [0.15, 0.2) is 0 Å². The molecule has 0 saturated carbocycles. The maximum atomic E-state index is 4.15. The molecule has 2 nitrogen and oxygen atoms in total. The van der Waals surface area contributed by atoms with E-state index in [0.29, 0.717) is 0 Å². The van der Waals surface area contributed by atoms with Gasteiger partial charge in [-0.25, -0.2) is 0 Å². The number of nitrogens with zero attached hydrogens (tertiary/aromatic N) is 2. The predicted octanol–water partition coefficient (Wildman–Crippen LogP) is 2.29. The van der Waals surface area contributed by atoms with Gasteiger partial charge in [-0.2, -0.15) is 5.10 Å². The van der Waals surface area contributed by atoms with Gasteiger partial charge in [0.05, 0.1) is 12.2 Å². The summed E-state index contributed by atoms with van der Waals surface area (Å²) in [5.74, 6) is 0. The summed E-state index contributed by atoms with van der Waals surface area (Å²) in [6, 6.07) is 13.5. The van der Waals surface area contributed by atoms with Gasteiger partial charge >= 0.3 is 0 Å². The van der Waals surface area contributed by atoms with Crippen molar-refractivity contribution in [3.05, 3.63) is 54.4 Å². The average molecular weight is 171 g/mol. The van der Waals surface area contributed by atoms with Crippen molar-refractivity contribution in [2.45, 2.75) is 13.0 Å². The monoisotopic (exact) mass is 171 g/mol. The molecule has 0 aliphatic heterocycles. The van der Waals surface area contributed by atoms with Crippen LogP contribution in [0.1, 0.15) is 18.5 Å². The van der Waals surface area contributed by atoms with Gasteiger partial charge in [-0.15, -0.1) is 0 Å². The predicted molar refractivity (Wildman–Crippen MR) is 51.3 cm³/mol. The van der Waals surface area contributed by atoms with Crippen molar-refractivity contribution in [2.24, 2.45) is 0 Å². The summed E-state index contributed by atoms with van der Waals surface area (Å²) in [7, 11) is 0. The molecule has 1 atom stereocenters. The summed E-state index contributed by atoms with van der Waals surface area (Å²) < 4.78 is 1.90. The number of aromatic nitrogens is 2. The van der Waals surface area contributed by atoms with Crippen LogP contribution >= 0.6 is 0 Å². The molecule has 2 heteroatoms. The molecule has 0 bridgehead atoms. The van der Waals surface area contributed by atoms with E-state index in [4.69, 9.17) is 0 Å². The first-order valence-corrected chi connectivity index (χ1v) is 4.33. The van der Waals surface area contributed by atoms with Crippen LogP contribution in [0.2, 0.25) is 0 Å². The lowest BCUT2D eigenvalue weighted by Gasteiger charge is -2.11. The minimum Gasteiger partial charge on any atom is -0.265 e. The van der Waals surface area contributed by atoms with E-state index >= 15 is 0 Å². The van der Waals surface area contributed by atoms with Gasteiger partial charge in [0, 0.05) is 12.3 Å². The van der Waals surface area contributed by atoms with Crippen molar-refractivity contribution < 1.29 is 0 Å². The molecule has 1 unspecified atom stereocenters. The van der Waals surface area contributed by atoms with Gasteiger partial charge in [-0.1, -0.05) is 30.3 Å². The third kappa shape index (κ3) is 1.61. The van der Waals surface area contributed by atoms with Gasteiger partial charge < -0.3 is 0 Å². The summed E-state index contributed by atoms with van der Waals surface area (Å²) >= 11 is 0. The first kappa shape index (κ1) is 8.05. The summed E-state index contributed by atoms with van der Waals surface area (Å²) in [6.45, 7) is 2.12. The van der Waals surface area contributed by atoms with E-state index < -0.39 is 0 Å². The van der Waals surface area contributed by atoms with Gasteiger partial charge in [-0.3, -0.25) is 4.68 Å². The quantitative estimate of drug-likeness (QED) is 0.677. The molecule has 0 aliphatic rings. The number of hydrogen-bond donors (Lipinski definition) is 0. The van der Waals surface area contributed by atoms with Crippen LogP contribution in [-0.2, 0) is 0 Å².